The molecule has 0 aliphatic carbocycles. The highest BCUT2D eigenvalue weighted by Gasteiger charge is 2.16. The van der Waals surface area contributed by atoms with Gasteiger partial charge in [-0.05, 0) is 12.1 Å². The van der Waals surface area contributed by atoms with Crippen LogP contribution in [0.5, 0.6) is 0 Å². The van der Waals surface area contributed by atoms with E-state index in [2.05, 4.69) is 21.4 Å². The van der Waals surface area contributed by atoms with Crippen molar-refractivity contribution in [3.8, 4) is 0 Å². The summed E-state index contributed by atoms with van der Waals surface area (Å²) in [6, 6.07) is 3.30. The number of nitrogens with zero attached hydrogens (tertiary/aromatic N) is 2. The number of carbonyl (C=O) groups excluding carboxylic acids is 1. The van der Waals surface area contributed by atoms with Gasteiger partial charge in [0.05, 0.1) is 11.9 Å². The maximum Gasteiger partial charge on any atom is 0.350 e. The smallest absolute Gasteiger partial charge is 0.262 e. The largest absolute Gasteiger partial charge is 0.350 e. The van der Waals surface area contributed by atoms with Crippen LogP contribution >= 0.6 is 12.4 Å². The fourth-order valence-electron chi connectivity index (χ4n) is 0.879. The van der Waals surface area contributed by atoms with Crippen molar-refractivity contribution in [3.05, 3.63) is 24.5 Å². The molecular weight excluding hydrogens is 194 g/mol. The second kappa shape index (κ2) is 3.92. The highest BCUT2D eigenvalue weighted by atomic mass is 35.5. The Morgan fingerprint density at radius 3 is 2.85 bits per heavy atom. The number of carbonyl (C=O) groups is 1. The van der Waals surface area contributed by atoms with Crippen LogP contribution in [0.25, 0.3) is 0 Å². The third-order valence-electron chi connectivity index (χ3n) is 1.40. The van der Waals surface area contributed by atoms with Crippen molar-refractivity contribution in [3.63, 3.8) is 0 Å². The van der Waals surface area contributed by atoms with E-state index in [1.54, 1.807) is 18.5 Å². The molecule has 70 valence electrons. The standard InChI is InChI=1S/C6H7N5O.ClH/c12-6-8-10-11(9-6)5-2-1-3-7-4-5;/h1-4,10H,(H2,8,9,12);1H. The van der Waals surface area contributed by atoms with Gasteiger partial charge in [-0.2, -0.15) is 5.12 Å². The van der Waals surface area contributed by atoms with Gasteiger partial charge in [0.25, 0.3) is 0 Å². The summed E-state index contributed by atoms with van der Waals surface area (Å²) in [6.45, 7) is 0. The number of amides is 2. The zero-order valence-corrected chi connectivity index (χ0v) is 7.34. The topological polar surface area (TPSA) is 69.3 Å². The van der Waals surface area contributed by atoms with Gasteiger partial charge in [-0.1, -0.05) is 0 Å². The van der Waals surface area contributed by atoms with E-state index >= 15 is 0 Å². The van der Waals surface area contributed by atoms with Gasteiger partial charge in [-0.25, -0.2) is 10.2 Å². The Morgan fingerprint density at radius 1 is 1.46 bits per heavy atom. The molecule has 2 rings (SSSR count). The second-order valence-corrected chi connectivity index (χ2v) is 2.22. The summed E-state index contributed by atoms with van der Waals surface area (Å²) in [6.07, 6.45) is 3.29. The minimum Gasteiger partial charge on any atom is -0.262 e. The van der Waals surface area contributed by atoms with Crippen LogP contribution in [0.15, 0.2) is 24.5 Å². The van der Waals surface area contributed by atoms with Crippen LogP contribution in [0.2, 0.25) is 0 Å². The monoisotopic (exact) mass is 201 g/mol. The van der Waals surface area contributed by atoms with Crippen molar-refractivity contribution >= 4 is 24.1 Å². The maximum atomic E-state index is 10.7. The second-order valence-electron chi connectivity index (χ2n) is 2.22. The average molecular weight is 202 g/mol. The zero-order valence-electron chi connectivity index (χ0n) is 6.52. The lowest BCUT2D eigenvalue weighted by molar-refractivity contribution is 0.247. The van der Waals surface area contributed by atoms with Crippen molar-refractivity contribution in [2.24, 2.45) is 0 Å². The molecular formula is C6H8ClN5O. The number of aromatic nitrogens is 1. The molecule has 1 aliphatic rings. The van der Waals surface area contributed by atoms with Crippen molar-refractivity contribution in [1.82, 2.24) is 21.4 Å². The number of hydrogen-bond acceptors (Lipinski definition) is 4. The molecule has 0 saturated carbocycles. The highest BCUT2D eigenvalue weighted by Crippen LogP contribution is 2.06. The molecule has 0 atom stereocenters. The third-order valence-corrected chi connectivity index (χ3v) is 1.40. The normalized spacial score (nSPS) is 14.5. The molecule has 13 heavy (non-hydrogen) atoms. The first kappa shape index (κ1) is 9.56. The summed E-state index contributed by atoms with van der Waals surface area (Å²) >= 11 is 0. The fourth-order valence-corrected chi connectivity index (χ4v) is 0.879. The summed E-state index contributed by atoms with van der Waals surface area (Å²) in [4.78, 5) is 14.6. The predicted molar refractivity (Wildman–Crippen MR) is 48.8 cm³/mol. The quantitative estimate of drug-likeness (QED) is 0.596. The lowest BCUT2D eigenvalue weighted by Gasteiger charge is -2.13. The molecule has 1 aromatic heterocycles. The number of nitrogens with one attached hydrogen (secondary N) is 3. The van der Waals surface area contributed by atoms with E-state index in [-0.39, 0.29) is 18.4 Å². The Labute approximate surface area is 80.6 Å². The van der Waals surface area contributed by atoms with Crippen LogP contribution in [0, 0.1) is 0 Å². The van der Waals surface area contributed by atoms with Crippen molar-refractivity contribution < 1.29 is 4.79 Å². The SMILES string of the molecule is Cl.O=C1NNN(c2cccnc2)N1. The van der Waals surface area contributed by atoms with Crippen molar-refractivity contribution in [1.29, 1.82) is 0 Å². The minimum absolute atomic E-state index is 0. The number of halogens is 1. The van der Waals surface area contributed by atoms with Crippen molar-refractivity contribution in [2.45, 2.75) is 0 Å². The van der Waals surface area contributed by atoms with E-state index in [1.165, 1.54) is 5.12 Å². The summed E-state index contributed by atoms with van der Waals surface area (Å²) in [5, 5.41) is 1.44. The van der Waals surface area contributed by atoms with Gasteiger partial charge in [0.2, 0.25) is 0 Å². The van der Waals surface area contributed by atoms with Gasteiger partial charge in [0.1, 0.15) is 0 Å². The molecule has 7 heteroatoms. The number of rotatable bonds is 1. The van der Waals surface area contributed by atoms with Gasteiger partial charge < -0.3 is 0 Å². The van der Waals surface area contributed by atoms with Crippen LogP contribution in [-0.2, 0) is 0 Å². The minimum atomic E-state index is -0.293. The summed E-state index contributed by atoms with van der Waals surface area (Å²) in [5.74, 6) is 0. The summed E-state index contributed by atoms with van der Waals surface area (Å²) < 4.78 is 0. The molecule has 0 aromatic carbocycles. The van der Waals surface area contributed by atoms with E-state index in [9.17, 15) is 4.79 Å². The first-order valence-corrected chi connectivity index (χ1v) is 3.39. The van der Waals surface area contributed by atoms with E-state index in [4.69, 9.17) is 0 Å². The third kappa shape index (κ3) is 1.98. The lowest BCUT2D eigenvalue weighted by atomic mass is 10.4. The molecule has 3 N–H and O–H groups in total. The highest BCUT2D eigenvalue weighted by molar-refractivity contribution is 5.85. The Bertz CT molecular complexity index is 292. The number of pyridine rings is 1. The van der Waals surface area contributed by atoms with Crippen LogP contribution in [-0.4, -0.2) is 11.0 Å². The number of hydrogen-bond donors (Lipinski definition) is 3. The average Bonchev–Trinajstić information content (AvgIpc) is 2.54. The Balaban J connectivity index is 0.000000845. The first-order chi connectivity index (χ1) is 5.86. The van der Waals surface area contributed by atoms with Gasteiger partial charge in [-0.3, -0.25) is 10.4 Å². The zero-order chi connectivity index (χ0) is 8.39. The number of anilines is 1. The Morgan fingerprint density at radius 2 is 2.31 bits per heavy atom. The molecule has 0 radical (unpaired) electrons. The van der Waals surface area contributed by atoms with Crippen molar-refractivity contribution in [2.75, 3.05) is 5.12 Å². The van der Waals surface area contributed by atoms with Crippen LogP contribution in [0.4, 0.5) is 10.5 Å². The van der Waals surface area contributed by atoms with E-state index in [1.807, 2.05) is 6.07 Å². The molecule has 1 fully saturated rings. The Kier molecular flexibility index (Phi) is 2.88. The molecule has 1 aromatic rings. The van der Waals surface area contributed by atoms with Gasteiger partial charge in [0, 0.05) is 6.20 Å². The van der Waals surface area contributed by atoms with Crippen LogP contribution < -0.4 is 21.5 Å². The number of urea groups is 1. The molecule has 1 saturated heterocycles. The predicted octanol–water partition coefficient (Wildman–Crippen LogP) is -0.0428. The lowest BCUT2D eigenvalue weighted by Crippen LogP contribution is -2.40. The van der Waals surface area contributed by atoms with Crippen LogP contribution in [0.3, 0.4) is 0 Å². The molecule has 6 nitrogen and oxygen atoms in total. The molecule has 0 spiro atoms. The maximum absolute atomic E-state index is 10.7. The summed E-state index contributed by atoms with van der Waals surface area (Å²) in [5.41, 5.74) is 8.23. The molecule has 2 heterocycles. The molecule has 0 bridgehead atoms. The van der Waals surface area contributed by atoms with Gasteiger partial charge >= 0.3 is 6.03 Å². The van der Waals surface area contributed by atoms with E-state index in [0.29, 0.717) is 0 Å². The van der Waals surface area contributed by atoms with Gasteiger partial charge in [-0.15, -0.1) is 17.9 Å². The first-order valence-electron chi connectivity index (χ1n) is 3.39. The van der Waals surface area contributed by atoms with E-state index < -0.39 is 0 Å². The number of hydrazine groups is 3. The summed E-state index contributed by atoms with van der Waals surface area (Å²) in [7, 11) is 0. The van der Waals surface area contributed by atoms with Crippen LogP contribution in [0.1, 0.15) is 0 Å². The Hall–Kier alpha value is -1.53. The van der Waals surface area contributed by atoms with Gasteiger partial charge in [0.15, 0.2) is 0 Å². The van der Waals surface area contributed by atoms with E-state index in [0.717, 1.165) is 5.69 Å². The fraction of sp³-hybridized carbons (Fsp3) is 0. The molecule has 1 aliphatic heterocycles. The molecule has 0 unspecified atom stereocenters. The molecule has 2 amide bonds.